The Morgan fingerprint density at radius 3 is 2.44 bits per heavy atom. The van der Waals surface area contributed by atoms with Gasteiger partial charge in [-0.3, -0.25) is 0 Å². The second-order valence-electron chi connectivity index (χ2n) is 5.34. The quantitative estimate of drug-likeness (QED) is 0.723. The maximum Gasteiger partial charge on any atom is 0.124 e. The van der Waals surface area contributed by atoms with Gasteiger partial charge in [-0.25, -0.2) is 4.39 Å². The van der Waals surface area contributed by atoms with Gasteiger partial charge < -0.3 is 0 Å². The van der Waals surface area contributed by atoms with Crippen LogP contribution in [-0.2, 0) is 5.41 Å². The van der Waals surface area contributed by atoms with Crippen LogP contribution in [-0.4, -0.2) is 0 Å². The third kappa shape index (κ3) is 1.70. The van der Waals surface area contributed by atoms with Crippen molar-refractivity contribution >= 4 is 11.6 Å². The monoisotopic (exact) mass is 237 g/mol. The minimum atomic E-state index is -0.520. The molecule has 1 aromatic rings. The number of nitrogens with zero attached hydrogens (tertiary/aromatic N) is 1. The van der Waals surface area contributed by atoms with Crippen molar-refractivity contribution in [1.82, 2.24) is 0 Å². The van der Waals surface area contributed by atoms with E-state index in [4.69, 9.17) is 11.6 Å². The molecule has 0 aromatic heterocycles. The van der Waals surface area contributed by atoms with Crippen molar-refractivity contribution in [3.05, 3.63) is 34.6 Å². The molecule has 3 heteroatoms. The summed E-state index contributed by atoms with van der Waals surface area (Å²) in [6.45, 7) is 4.25. The van der Waals surface area contributed by atoms with Crippen molar-refractivity contribution in [1.29, 1.82) is 5.26 Å². The minimum Gasteiger partial charge on any atom is -0.207 e. The Kier molecular flexibility index (Phi) is 2.47. The van der Waals surface area contributed by atoms with E-state index in [1.165, 1.54) is 12.1 Å². The highest BCUT2D eigenvalue weighted by atomic mass is 35.5. The van der Waals surface area contributed by atoms with E-state index in [9.17, 15) is 9.65 Å². The number of nitriles is 1. The van der Waals surface area contributed by atoms with Crippen LogP contribution < -0.4 is 0 Å². The van der Waals surface area contributed by atoms with Gasteiger partial charge in [-0.15, -0.1) is 0 Å². The van der Waals surface area contributed by atoms with E-state index in [-0.39, 0.29) is 11.2 Å². The Morgan fingerprint density at radius 2 is 2.00 bits per heavy atom. The van der Waals surface area contributed by atoms with Crippen molar-refractivity contribution < 1.29 is 4.39 Å². The first-order chi connectivity index (χ1) is 7.38. The molecule has 0 atom stereocenters. The number of halogens is 2. The Labute approximate surface area is 99.8 Å². The molecule has 2 rings (SSSR count). The lowest BCUT2D eigenvalue weighted by Gasteiger charge is -2.49. The predicted octanol–water partition coefficient (Wildman–Crippen LogP) is 4.06. The van der Waals surface area contributed by atoms with Gasteiger partial charge in [0, 0.05) is 5.02 Å². The van der Waals surface area contributed by atoms with Gasteiger partial charge in [0.05, 0.1) is 11.5 Å². The van der Waals surface area contributed by atoms with Crippen LogP contribution in [0.3, 0.4) is 0 Å². The molecule has 0 N–H and O–H groups in total. The molecule has 84 valence electrons. The highest BCUT2D eigenvalue weighted by Gasteiger charge is 2.51. The first-order valence-electron chi connectivity index (χ1n) is 5.25. The van der Waals surface area contributed by atoms with Crippen LogP contribution in [0.1, 0.15) is 32.3 Å². The smallest absolute Gasteiger partial charge is 0.124 e. The lowest BCUT2D eigenvalue weighted by Crippen LogP contribution is -2.45. The maximum absolute atomic E-state index is 12.9. The van der Waals surface area contributed by atoms with E-state index in [0.29, 0.717) is 5.02 Å². The van der Waals surface area contributed by atoms with Crippen LogP contribution in [0, 0.1) is 22.6 Å². The summed E-state index contributed by atoms with van der Waals surface area (Å²) >= 11 is 6.01. The fraction of sp³-hybridized carbons (Fsp3) is 0.462. The molecule has 1 fully saturated rings. The number of rotatable bonds is 1. The third-order valence-electron chi connectivity index (χ3n) is 3.22. The van der Waals surface area contributed by atoms with Gasteiger partial charge >= 0.3 is 0 Å². The van der Waals surface area contributed by atoms with E-state index in [0.717, 1.165) is 18.4 Å². The Morgan fingerprint density at radius 1 is 1.38 bits per heavy atom. The highest BCUT2D eigenvalue weighted by Crippen LogP contribution is 2.56. The molecule has 16 heavy (non-hydrogen) atoms. The second kappa shape index (κ2) is 3.46. The molecule has 1 aromatic carbocycles. The van der Waals surface area contributed by atoms with Gasteiger partial charge in [-0.05, 0) is 36.0 Å². The molecule has 1 aliphatic carbocycles. The van der Waals surface area contributed by atoms with Crippen molar-refractivity contribution in [3.8, 4) is 6.07 Å². The van der Waals surface area contributed by atoms with Gasteiger partial charge in [0.25, 0.3) is 0 Å². The first-order valence-corrected chi connectivity index (χ1v) is 5.63. The third-order valence-corrected chi connectivity index (χ3v) is 3.53. The Balaban J connectivity index is 2.41. The van der Waals surface area contributed by atoms with Gasteiger partial charge in [0.15, 0.2) is 0 Å². The van der Waals surface area contributed by atoms with Crippen LogP contribution in [0.25, 0.3) is 0 Å². The molecule has 1 saturated carbocycles. The first kappa shape index (κ1) is 11.4. The molecule has 0 heterocycles. The standard InChI is InChI=1S/C13H13ClFN/c1-12(2)6-13(7-12,8-16)10-4-3-9(15)5-11(10)14/h3-5H,6-7H2,1-2H3. The zero-order chi connectivity index (χ0) is 12.0. The molecule has 0 unspecified atom stereocenters. The summed E-state index contributed by atoms with van der Waals surface area (Å²) in [5.74, 6) is -0.361. The zero-order valence-corrected chi connectivity index (χ0v) is 10.1. The molecule has 1 nitrogen and oxygen atoms in total. The summed E-state index contributed by atoms with van der Waals surface area (Å²) in [6, 6.07) is 6.62. The average Bonchev–Trinajstić information content (AvgIpc) is 2.13. The molecule has 0 aliphatic heterocycles. The molecule has 0 spiro atoms. The summed E-state index contributed by atoms with van der Waals surface area (Å²) in [5, 5.41) is 9.67. The minimum absolute atomic E-state index is 0.174. The van der Waals surface area contributed by atoms with E-state index in [2.05, 4.69) is 19.9 Å². The molecular formula is C13H13ClFN. The summed E-state index contributed by atoms with van der Waals surface area (Å²) < 4.78 is 12.9. The zero-order valence-electron chi connectivity index (χ0n) is 9.35. The topological polar surface area (TPSA) is 23.8 Å². The van der Waals surface area contributed by atoms with E-state index in [1.54, 1.807) is 6.07 Å². The number of benzene rings is 1. The largest absolute Gasteiger partial charge is 0.207 e. The molecule has 0 saturated heterocycles. The van der Waals surface area contributed by atoms with Crippen molar-refractivity contribution in [3.63, 3.8) is 0 Å². The van der Waals surface area contributed by atoms with Crippen LogP contribution in [0.4, 0.5) is 4.39 Å². The molecule has 0 radical (unpaired) electrons. The van der Waals surface area contributed by atoms with Gasteiger partial charge in [-0.2, -0.15) is 5.26 Å². The predicted molar refractivity (Wildman–Crippen MR) is 61.7 cm³/mol. The van der Waals surface area contributed by atoms with E-state index < -0.39 is 5.41 Å². The summed E-state index contributed by atoms with van der Waals surface area (Å²) in [5.41, 5.74) is 0.416. The van der Waals surface area contributed by atoms with Crippen LogP contribution >= 0.6 is 11.6 Å². The summed E-state index contributed by atoms with van der Waals surface area (Å²) in [4.78, 5) is 0. The molecule has 0 bridgehead atoms. The van der Waals surface area contributed by atoms with Crippen molar-refractivity contribution in [2.75, 3.05) is 0 Å². The average molecular weight is 238 g/mol. The van der Waals surface area contributed by atoms with Gasteiger partial charge in [-0.1, -0.05) is 31.5 Å². The second-order valence-corrected chi connectivity index (χ2v) is 5.74. The molecule has 0 amide bonds. The van der Waals surface area contributed by atoms with E-state index in [1.807, 2.05) is 0 Å². The summed E-state index contributed by atoms with van der Waals surface area (Å²) in [7, 11) is 0. The fourth-order valence-electron chi connectivity index (χ4n) is 2.79. The normalized spacial score (nSPS) is 20.9. The van der Waals surface area contributed by atoms with Gasteiger partial charge in [0.1, 0.15) is 5.82 Å². The van der Waals surface area contributed by atoms with Crippen LogP contribution in [0.2, 0.25) is 5.02 Å². The molecular weight excluding hydrogens is 225 g/mol. The van der Waals surface area contributed by atoms with Crippen LogP contribution in [0.15, 0.2) is 18.2 Å². The lowest BCUT2D eigenvalue weighted by molar-refractivity contribution is 0.0999. The van der Waals surface area contributed by atoms with Crippen molar-refractivity contribution in [2.24, 2.45) is 5.41 Å². The Bertz CT molecular complexity index is 465. The lowest BCUT2D eigenvalue weighted by atomic mass is 9.52. The van der Waals surface area contributed by atoms with Crippen LogP contribution in [0.5, 0.6) is 0 Å². The summed E-state index contributed by atoms with van der Waals surface area (Å²) in [6.07, 6.45) is 1.56. The highest BCUT2D eigenvalue weighted by molar-refractivity contribution is 6.31. The Hall–Kier alpha value is -1.07. The maximum atomic E-state index is 12.9. The fourth-order valence-corrected chi connectivity index (χ4v) is 3.14. The van der Waals surface area contributed by atoms with E-state index >= 15 is 0 Å². The number of hydrogen-bond donors (Lipinski definition) is 0. The van der Waals surface area contributed by atoms with Gasteiger partial charge in [0.2, 0.25) is 0 Å². The van der Waals surface area contributed by atoms with Crippen molar-refractivity contribution in [2.45, 2.75) is 32.1 Å². The number of hydrogen-bond acceptors (Lipinski definition) is 1. The molecule has 1 aliphatic rings. The SMILES string of the molecule is CC1(C)CC(C#N)(c2ccc(F)cc2Cl)C1.